The second-order valence-electron chi connectivity index (χ2n) is 2.70. The molecule has 0 saturated heterocycles. The lowest BCUT2D eigenvalue weighted by atomic mass is 9.98. The van der Waals surface area contributed by atoms with Crippen molar-refractivity contribution in [2.75, 3.05) is 0 Å². The zero-order chi connectivity index (χ0) is 7.68. The Kier molecular flexibility index (Phi) is 1.35. The summed E-state index contributed by atoms with van der Waals surface area (Å²) < 4.78 is 0. The molecule has 54 valence electrons. The lowest BCUT2D eigenvalue weighted by molar-refractivity contribution is -0.104. The largest absolute Gasteiger partial charge is 0.298 e. The summed E-state index contributed by atoms with van der Waals surface area (Å²) in [6.07, 6.45) is 12.9. The number of hydrogen-bond acceptors (Lipinski definition) is 1. The third kappa shape index (κ3) is 0.984. The SMILES string of the molecule is O=CC1=CC2C=CC=CC2=C1. The Labute approximate surface area is 65.4 Å². The standard InChI is InChI=1S/C10H8O/c11-7-8-5-9-3-1-2-4-10(9)6-8/h1-7,9H. The zero-order valence-corrected chi connectivity index (χ0v) is 6.03. The molecule has 11 heavy (non-hydrogen) atoms. The lowest BCUT2D eigenvalue weighted by Gasteiger charge is -2.06. The van der Waals surface area contributed by atoms with Gasteiger partial charge in [-0.1, -0.05) is 30.4 Å². The summed E-state index contributed by atoms with van der Waals surface area (Å²) >= 11 is 0. The molecule has 0 saturated carbocycles. The number of hydrogen-bond donors (Lipinski definition) is 0. The third-order valence-electron chi connectivity index (χ3n) is 1.94. The molecular weight excluding hydrogens is 136 g/mol. The van der Waals surface area contributed by atoms with Gasteiger partial charge in [-0.25, -0.2) is 0 Å². The summed E-state index contributed by atoms with van der Waals surface area (Å²) in [5.41, 5.74) is 2.01. The molecule has 0 aliphatic heterocycles. The van der Waals surface area contributed by atoms with E-state index in [4.69, 9.17) is 0 Å². The maximum atomic E-state index is 10.4. The molecule has 0 aromatic carbocycles. The van der Waals surface area contributed by atoms with Crippen molar-refractivity contribution in [3.05, 3.63) is 47.6 Å². The van der Waals surface area contributed by atoms with Crippen LogP contribution >= 0.6 is 0 Å². The molecule has 1 atom stereocenters. The highest BCUT2D eigenvalue weighted by Crippen LogP contribution is 2.27. The molecule has 0 heterocycles. The Bertz CT molecular complexity index is 303. The second kappa shape index (κ2) is 2.35. The molecule has 1 nitrogen and oxygen atoms in total. The van der Waals surface area contributed by atoms with E-state index >= 15 is 0 Å². The van der Waals surface area contributed by atoms with E-state index in [1.807, 2.05) is 30.4 Å². The third-order valence-corrected chi connectivity index (χ3v) is 1.94. The zero-order valence-electron chi connectivity index (χ0n) is 6.03. The summed E-state index contributed by atoms with van der Waals surface area (Å²) in [5, 5.41) is 0. The monoisotopic (exact) mass is 144 g/mol. The summed E-state index contributed by atoms with van der Waals surface area (Å²) in [6.45, 7) is 0. The molecule has 2 aliphatic carbocycles. The first-order valence-electron chi connectivity index (χ1n) is 3.63. The highest BCUT2D eigenvalue weighted by atomic mass is 16.1. The van der Waals surface area contributed by atoms with Crippen molar-refractivity contribution in [3.8, 4) is 0 Å². The van der Waals surface area contributed by atoms with Crippen molar-refractivity contribution in [2.24, 2.45) is 5.92 Å². The van der Waals surface area contributed by atoms with Crippen molar-refractivity contribution in [1.82, 2.24) is 0 Å². The minimum Gasteiger partial charge on any atom is -0.298 e. The second-order valence-corrected chi connectivity index (χ2v) is 2.70. The maximum absolute atomic E-state index is 10.4. The molecule has 0 N–H and O–H groups in total. The van der Waals surface area contributed by atoms with Crippen LogP contribution in [0.5, 0.6) is 0 Å². The van der Waals surface area contributed by atoms with Crippen LogP contribution in [0, 0.1) is 5.92 Å². The summed E-state index contributed by atoms with van der Waals surface area (Å²) in [6, 6.07) is 0. The number of rotatable bonds is 1. The van der Waals surface area contributed by atoms with Crippen LogP contribution in [0.1, 0.15) is 0 Å². The molecule has 0 aromatic heterocycles. The van der Waals surface area contributed by atoms with Crippen LogP contribution in [0.25, 0.3) is 0 Å². The highest BCUT2D eigenvalue weighted by molar-refractivity contribution is 5.80. The van der Waals surface area contributed by atoms with Gasteiger partial charge in [0.15, 0.2) is 0 Å². The van der Waals surface area contributed by atoms with Gasteiger partial charge in [0.1, 0.15) is 6.29 Å². The van der Waals surface area contributed by atoms with Crippen LogP contribution in [-0.4, -0.2) is 6.29 Å². The lowest BCUT2D eigenvalue weighted by Crippen LogP contribution is -1.92. The van der Waals surface area contributed by atoms with Gasteiger partial charge in [-0.3, -0.25) is 4.79 Å². The summed E-state index contributed by atoms with van der Waals surface area (Å²) in [5.74, 6) is 0.347. The normalized spacial score (nSPS) is 26.0. The fourth-order valence-electron chi connectivity index (χ4n) is 1.39. The molecule has 2 rings (SSSR count). The first-order valence-corrected chi connectivity index (χ1v) is 3.63. The van der Waals surface area contributed by atoms with Gasteiger partial charge in [-0.05, 0) is 11.6 Å². The van der Waals surface area contributed by atoms with Crippen LogP contribution in [0.15, 0.2) is 47.6 Å². The molecule has 2 aliphatic rings. The molecule has 0 amide bonds. The quantitative estimate of drug-likeness (QED) is 0.513. The molecule has 0 spiro atoms. The van der Waals surface area contributed by atoms with Gasteiger partial charge < -0.3 is 0 Å². The van der Waals surface area contributed by atoms with Crippen molar-refractivity contribution in [3.63, 3.8) is 0 Å². The molecule has 0 fully saturated rings. The predicted molar refractivity (Wildman–Crippen MR) is 44.0 cm³/mol. The fraction of sp³-hybridized carbons (Fsp3) is 0.100. The van der Waals surface area contributed by atoms with Gasteiger partial charge in [0.05, 0.1) is 0 Å². The molecule has 1 heteroatoms. The first kappa shape index (κ1) is 6.35. The average Bonchev–Trinajstić information content (AvgIpc) is 2.46. The smallest absolute Gasteiger partial charge is 0.149 e. The Morgan fingerprint density at radius 3 is 3.00 bits per heavy atom. The number of fused-ring (bicyclic) bond motifs is 1. The first-order chi connectivity index (χ1) is 5.40. The average molecular weight is 144 g/mol. The minimum absolute atomic E-state index is 0.347. The minimum atomic E-state index is 0.347. The number of carbonyl (C=O) groups is 1. The van der Waals surface area contributed by atoms with Crippen molar-refractivity contribution >= 4 is 6.29 Å². The molecule has 1 unspecified atom stereocenters. The van der Waals surface area contributed by atoms with E-state index in [2.05, 4.69) is 6.08 Å². The number of carbonyl (C=O) groups excluding carboxylic acids is 1. The van der Waals surface area contributed by atoms with Gasteiger partial charge in [-0.2, -0.15) is 0 Å². The van der Waals surface area contributed by atoms with Crippen LogP contribution in [0.2, 0.25) is 0 Å². The highest BCUT2D eigenvalue weighted by Gasteiger charge is 2.14. The number of aldehydes is 1. The Balaban J connectivity index is 2.37. The Morgan fingerprint density at radius 1 is 1.36 bits per heavy atom. The summed E-state index contributed by atoms with van der Waals surface area (Å²) in [4.78, 5) is 10.4. The maximum Gasteiger partial charge on any atom is 0.149 e. The number of allylic oxidation sites excluding steroid dienone is 8. The van der Waals surface area contributed by atoms with Crippen LogP contribution < -0.4 is 0 Å². The molecule has 0 radical (unpaired) electrons. The van der Waals surface area contributed by atoms with Crippen LogP contribution in [-0.2, 0) is 4.79 Å². The molecular formula is C10H8O. The van der Waals surface area contributed by atoms with E-state index in [-0.39, 0.29) is 0 Å². The van der Waals surface area contributed by atoms with Crippen molar-refractivity contribution in [2.45, 2.75) is 0 Å². The molecule has 0 bridgehead atoms. The van der Waals surface area contributed by atoms with E-state index in [1.165, 1.54) is 5.57 Å². The van der Waals surface area contributed by atoms with Crippen molar-refractivity contribution in [1.29, 1.82) is 0 Å². The van der Waals surface area contributed by atoms with Gasteiger partial charge >= 0.3 is 0 Å². The van der Waals surface area contributed by atoms with Crippen LogP contribution in [0.3, 0.4) is 0 Å². The van der Waals surface area contributed by atoms with Gasteiger partial charge in [-0.15, -0.1) is 0 Å². The van der Waals surface area contributed by atoms with E-state index in [9.17, 15) is 4.79 Å². The summed E-state index contributed by atoms with van der Waals surface area (Å²) in [7, 11) is 0. The molecule has 0 aromatic rings. The van der Waals surface area contributed by atoms with E-state index in [0.717, 1.165) is 11.9 Å². The van der Waals surface area contributed by atoms with E-state index in [0.29, 0.717) is 5.92 Å². The van der Waals surface area contributed by atoms with Gasteiger partial charge in [0.25, 0.3) is 0 Å². The fourth-order valence-corrected chi connectivity index (χ4v) is 1.39. The Hall–Kier alpha value is -1.37. The van der Waals surface area contributed by atoms with Gasteiger partial charge in [0, 0.05) is 11.5 Å². The van der Waals surface area contributed by atoms with E-state index in [1.54, 1.807) is 0 Å². The predicted octanol–water partition coefficient (Wildman–Crippen LogP) is 1.79. The van der Waals surface area contributed by atoms with Crippen molar-refractivity contribution < 1.29 is 4.79 Å². The van der Waals surface area contributed by atoms with E-state index < -0.39 is 0 Å². The Morgan fingerprint density at radius 2 is 2.27 bits per heavy atom. The van der Waals surface area contributed by atoms with Crippen LogP contribution in [0.4, 0.5) is 0 Å². The van der Waals surface area contributed by atoms with Gasteiger partial charge in [0.2, 0.25) is 0 Å². The topological polar surface area (TPSA) is 17.1 Å².